The minimum atomic E-state index is -3.27. The molecule has 0 fully saturated rings. The molecule has 0 saturated carbocycles. The minimum absolute atomic E-state index is 0.529. The van der Waals surface area contributed by atoms with Gasteiger partial charge in [0.15, 0.2) is 0 Å². The van der Waals surface area contributed by atoms with Gasteiger partial charge < -0.3 is 4.74 Å². The van der Waals surface area contributed by atoms with Crippen LogP contribution in [0.15, 0.2) is 41.3 Å². The predicted octanol–water partition coefficient (Wildman–Crippen LogP) is 4.19. The van der Waals surface area contributed by atoms with Gasteiger partial charge in [0.05, 0.1) is 6.26 Å². The highest BCUT2D eigenvalue weighted by molar-refractivity contribution is 7.98. The summed E-state index contributed by atoms with van der Waals surface area (Å²) in [7, 11) is -3.27. The van der Waals surface area contributed by atoms with E-state index in [-0.39, 0.29) is 0 Å². The maximum absolute atomic E-state index is 11.2. The Balaban J connectivity index is 2.21. The van der Waals surface area contributed by atoms with Crippen LogP contribution in [-0.4, -0.2) is 20.9 Å². The first-order chi connectivity index (χ1) is 10.3. The van der Waals surface area contributed by atoms with Crippen LogP contribution in [0.4, 0.5) is 5.69 Å². The van der Waals surface area contributed by atoms with E-state index < -0.39 is 10.0 Å². The Morgan fingerprint density at radius 3 is 2.32 bits per heavy atom. The molecule has 0 unspecified atom stereocenters. The van der Waals surface area contributed by atoms with Crippen LogP contribution in [0.3, 0.4) is 0 Å². The molecule has 0 heterocycles. The van der Waals surface area contributed by atoms with Crippen LogP contribution in [0.5, 0.6) is 11.5 Å². The fraction of sp³-hybridized carbons (Fsp3) is 0.250. The quantitative estimate of drug-likeness (QED) is 0.831. The molecule has 0 spiro atoms. The van der Waals surface area contributed by atoms with Crippen molar-refractivity contribution in [2.45, 2.75) is 18.7 Å². The van der Waals surface area contributed by atoms with Crippen LogP contribution in [0.1, 0.15) is 11.1 Å². The smallest absolute Gasteiger partial charge is 0.229 e. The van der Waals surface area contributed by atoms with E-state index in [2.05, 4.69) is 4.72 Å². The van der Waals surface area contributed by atoms with Gasteiger partial charge in [0, 0.05) is 10.6 Å². The maximum atomic E-state index is 11.2. The van der Waals surface area contributed by atoms with Crippen molar-refractivity contribution in [2.24, 2.45) is 0 Å². The Morgan fingerprint density at radius 1 is 1.05 bits per heavy atom. The molecule has 118 valence electrons. The second-order valence-electron chi connectivity index (χ2n) is 5.09. The molecule has 0 aromatic heterocycles. The molecular formula is C16H19NO3S2. The summed E-state index contributed by atoms with van der Waals surface area (Å²) in [4.78, 5) is 1.22. The van der Waals surface area contributed by atoms with Crippen molar-refractivity contribution in [1.29, 1.82) is 0 Å². The average Bonchev–Trinajstić information content (AvgIpc) is 2.40. The lowest BCUT2D eigenvalue weighted by Crippen LogP contribution is -2.09. The Morgan fingerprint density at radius 2 is 1.77 bits per heavy atom. The van der Waals surface area contributed by atoms with Crippen LogP contribution in [0.25, 0.3) is 0 Å². The van der Waals surface area contributed by atoms with Crippen LogP contribution >= 0.6 is 11.8 Å². The Hall–Kier alpha value is -1.66. The fourth-order valence-electron chi connectivity index (χ4n) is 2.08. The lowest BCUT2D eigenvalue weighted by atomic mass is 10.2. The van der Waals surface area contributed by atoms with E-state index in [1.165, 1.54) is 4.90 Å². The number of anilines is 1. The summed E-state index contributed by atoms with van der Waals surface area (Å²) in [6.07, 6.45) is 3.17. The summed E-state index contributed by atoms with van der Waals surface area (Å²) in [6, 6.07) is 11.2. The SMILES string of the molecule is CSc1ccc(Oc2ccc(NS(C)(=O)=O)cc2C)cc1C. The average molecular weight is 337 g/mol. The third kappa shape index (κ3) is 4.42. The van der Waals surface area contributed by atoms with Gasteiger partial charge in [0.2, 0.25) is 10.0 Å². The van der Waals surface area contributed by atoms with E-state index in [1.807, 2.05) is 38.3 Å². The Kier molecular flexibility index (Phi) is 5.03. The number of sulfonamides is 1. The molecular weight excluding hydrogens is 318 g/mol. The van der Waals surface area contributed by atoms with Crippen molar-refractivity contribution in [2.75, 3.05) is 17.2 Å². The van der Waals surface area contributed by atoms with E-state index in [0.717, 1.165) is 23.1 Å². The molecule has 22 heavy (non-hydrogen) atoms. The topological polar surface area (TPSA) is 55.4 Å². The van der Waals surface area contributed by atoms with Crippen molar-refractivity contribution in [3.05, 3.63) is 47.5 Å². The fourth-order valence-corrected chi connectivity index (χ4v) is 3.22. The van der Waals surface area contributed by atoms with Gasteiger partial charge in [0.25, 0.3) is 0 Å². The summed E-state index contributed by atoms with van der Waals surface area (Å²) in [6.45, 7) is 3.93. The molecule has 0 bridgehead atoms. The van der Waals surface area contributed by atoms with E-state index in [9.17, 15) is 8.42 Å². The van der Waals surface area contributed by atoms with Gasteiger partial charge in [-0.2, -0.15) is 0 Å². The zero-order valence-electron chi connectivity index (χ0n) is 13.0. The maximum Gasteiger partial charge on any atom is 0.229 e. The molecule has 0 saturated heterocycles. The van der Waals surface area contributed by atoms with Crippen molar-refractivity contribution >= 4 is 27.5 Å². The molecule has 2 aromatic rings. The molecule has 0 aliphatic carbocycles. The lowest BCUT2D eigenvalue weighted by molar-refractivity contribution is 0.478. The molecule has 0 amide bonds. The van der Waals surface area contributed by atoms with Gasteiger partial charge in [-0.25, -0.2) is 8.42 Å². The normalized spacial score (nSPS) is 11.3. The van der Waals surface area contributed by atoms with Crippen molar-refractivity contribution in [3.8, 4) is 11.5 Å². The van der Waals surface area contributed by atoms with Crippen LogP contribution in [0.2, 0.25) is 0 Å². The highest BCUT2D eigenvalue weighted by Gasteiger charge is 2.07. The molecule has 2 aromatic carbocycles. The van der Waals surface area contributed by atoms with Crippen LogP contribution in [0, 0.1) is 13.8 Å². The molecule has 2 rings (SSSR count). The largest absolute Gasteiger partial charge is 0.457 e. The third-order valence-corrected chi connectivity index (χ3v) is 4.58. The number of nitrogens with one attached hydrogen (secondary N) is 1. The van der Waals surface area contributed by atoms with Crippen LogP contribution < -0.4 is 9.46 Å². The number of thioether (sulfide) groups is 1. The molecule has 4 nitrogen and oxygen atoms in total. The predicted molar refractivity (Wildman–Crippen MR) is 92.7 cm³/mol. The summed E-state index contributed by atoms with van der Waals surface area (Å²) >= 11 is 1.70. The number of benzene rings is 2. The summed E-state index contributed by atoms with van der Waals surface area (Å²) < 4.78 is 30.8. The van der Waals surface area contributed by atoms with Gasteiger partial charge in [-0.3, -0.25) is 4.72 Å². The Bertz CT molecular complexity index is 786. The van der Waals surface area contributed by atoms with Crippen molar-refractivity contribution < 1.29 is 13.2 Å². The van der Waals surface area contributed by atoms with Gasteiger partial charge in [-0.1, -0.05) is 0 Å². The van der Waals surface area contributed by atoms with Gasteiger partial charge in [-0.15, -0.1) is 11.8 Å². The molecule has 0 radical (unpaired) electrons. The van der Waals surface area contributed by atoms with E-state index in [4.69, 9.17) is 4.74 Å². The minimum Gasteiger partial charge on any atom is -0.457 e. The highest BCUT2D eigenvalue weighted by atomic mass is 32.2. The zero-order chi connectivity index (χ0) is 16.3. The summed E-state index contributed by atoms with van der Waals surface area (Å²) in [5.74, 6) is 1.47. The monoisotopic (exact) mass is 337 g/mol. The second kappa shape index (κ2) is 6.62. The number of aryl methyl sites for hydroxylation is 2. The zero-order valence-corrected chi connectivity index (χ0v) is 14.6. The first-order valence-electron chi connectivity index (χ1n) is 6.69. The molecule has 0 aliphatic heterocycles. The molecule has 1 N–H and O–H groups in total. The van der Waals surface area contributed by atoms with Crippen LogP contribution in [-0.2, 0) is 10.0 Å². The van der Waals surface area contributed by atoms with E-state index in [0.29, 0.717) is 11.4 Å². The second-order valence-corrected chi connectivity index (χ2v) is 7.68. The molecule has 0 atom stereocenters. The number of hydrogen-bond donors (Lipinski definition) is 1. The van der Waals surface area contributed by atoms with E-state index in [1.54, 1.807) is 30.0 Å². The highest BCUT2D eigenvalue weighted by Crippen LogP contribution is 2.30. The Labute approximate surface area is 135 Å². The van der Waals surface area contributed by atoms with Gasteiger partial charge in [0.1, 0.15) is 11.5 Å². The van der Waals surface area contributed by atoms with Gasteiger partial charge in [-0.05, 0) is 67.6 Å². The summed E-state index contributed by atoms with van der Waals surface area (Å²) in [5.41, 5.74) is 2.56. The molecule has 6 heteroatoms. The number of rotatable bonds is 5. The van der Waals surface area contributed by atoms with Crippen molar-refractivity contribution in [1.82, 2.24) is 0 Å². The van der Waals surface area contributed by atoms with Crippen molar-refractivity contribution in [3.63, 3.8) is 0 Å². The summed E-state index contributed by atoms with van der Waals surface area (Å²) in [5, 5.41) is 0. The van der Waals surface area contributed by atoms with E-state index >= 15 is 0 Å². The number of hydrogen-bond acceptors (Lipinski definition) is 4. The van der Waals surface area contributed by atoms with Gasteiger partial charge >= 0.3 is 0 Å². The first kappa shape index (κ1) is 16.7. The standard InChI is InChI=1S/C16H19NO3S2/c1-11-9-13(17-22(4,18)19)5-7-15(11)20-14-6-8-16(21-3)12(2)10-14/h5-10,17H,1-4H3. The third-order valence-electron chi connectivity index (χ3n) is 3.07. The first-order valence-corrected chi connectivity index (χ1v) is 9.81. The lowest BCUT2D eigenvalue weighted by Gasteiger charge is -2.12. The molecule has 0 aliphatic rings. The number of ether oxygens (including phenoxy) is 1.